The number of ether oxygens (including phenoxy) is 1. The molecule has 0 bridgehead atoms. The molecule has 1 aliphatic rings. The Morgan fingerprint density at radius 2 is 2.42 bits per heavy atom. The number of Topliss-reactive ketones (excluding diaryl/α,β-unsaturated/α-hetero) is 1. The fourth-order valence-electron chi connectivity index (χ4n) is 1.26. The van der Waals surface area contributed by atoms with Crippen LogP contribution in [0, 0.1) is 0 Å². The number of hydrogen-bond donors (Lipinski definition) is 2. The molecule has 0 aromatic carbocycles. The molecule has 0 amide bonds. The minimum absolute atomic E-state index is 0.00565. The number of rotatable bonds is 4. The van der Waals surface area contributed by atoms with Crippen molar-refractivity contribution in [2.45, 2.75) is 12.5 Å². The average molecular weight is 172 g/mol. The van der Waals surface area contributed by atoms with Gasteiger partial charge in [0.1, 0.15) is 0 Å². The molecule has 0 saturated carbocycles. The molecule has 1 aliphatic heterocycles. The van der Waals surface area contributed by atoms with Crippen LogP contribution in [0.3, 0.4) is 0 Å². The highest BCUT2D eigenvalue weighted by atomic mass is 16.5. The fourth-order valence-corrected chi connectivity index (χ4v) is 1.26. The zero-order chi connectivity index (χ0) is 8.81. The number of carbonyl (C=O) groups is 1. The average Bonchev–Trinajstić information content (AvgIpc) is 2.15. The minimum atomic E-state index is -0.00565. The molecule has 1 unspecified atom stereocenters. The van der Waals surface area contributed by atoms with Crippen molar-refractivity contribution in [3.8, 4) is 0 Å². The van der Waals surface area contributed by atoms with E-state index < -0.39 is 0 Å². The third kappa shape index (κ3) is 2.89. The predicted octanol–water partition coefficient (Wildman–Crippen LogP) is -0.847. The van der Waals surface area contributed by atoms with Crippen molar-refractivity contribution in [3.05, 3.63) is 0 Å². The molecular formula is C8H16N2O2. The number of ketones is 1. The fraction of sp³-hybridized carbons (Fsp3) is 0.875. The lowest BCUT2D eigenvalue weighted by Gasteiger charge is -2.23. The highest BCUT2D eigenvalue weighted by Crippen LogP contribution is 1.94. The molecule has 70 valence electrons. The summed E-state index contributed by atoms with van der Waals surface area (Å²) in [4.78, 5) is 11.4. The third-order valence-corrected chi connectivity index (χ3v) is 1.98. The second kappa shape index (κ2) is 5.24. The minimum Gasteiger partial charge on any atom is -0.384 e. The summed E-state index contributed by atoms with van der Waals surface area (Å²) in [6.07, 6.45) is 0.510. The molecule has 1 fully saturated rings. The molecule has 12 heavy (non-hydrogen) atoms. The van der Waals surface area contributed by atoms with Crippen molar-refractivity contribution in [1.29, 1.82) is 0 Å². The Labute approximate surface area is 72.7 Å². The van der Waals surface area contributed by atoms with Crippen LogP contribution in [0.5, 0.6) is 0 Å². The number of methoxy groups -OCH3 is 1. The molecule has 1 heterocycles. The van der Waals surface area contributed by atoms with Gasteiger partial charge in [-0.1, -0.05) is 0 Å². The highest BCUT2D eigenvalue weighted by Gasteiger charge is 2.18. The first-order chi connectivity index (χ1) is 5.84. The molecule has 4 heteroatoms. The highest BCUT2D eigenvalue weighted by molar-refractivity contribution is 5.84. The Balaban J connectivity index is 2.20. The van der Waals surface area contributed by atoms with Crippen LogP contribution in [0.25, 0.3) is 0 Å². The summed E-state index contributed by atoms with van der Waals surface area (Å²) in [5.74, 6) is 0.240. The lowest BCUT2D eigenvalue weighted by Crippen LogP contribution is -2.52. The summed E-state index contributed by atoms with van der Waals surface area (Å²) in [6.45, 7) is 3.11. The van der Waals surface area contributed by atoms with Gasteiger partial charge in [0.2, 0.25) is 0 Å². The lowest BCUT2D eigenvalue weighted by atomic mass is 10.1. The van der Waals surface area contributed by atoms with E-state index in [0.29, 0.717) is 13.0 Å². The van der Waals surface area contributed by atoms with Crippen molar-refractivity contribution in [2.75, 3.05) is 33.4 Å². The Bertz CT molecular complexity index is 144. The van der Waals surface area contributed by atoms with E-state index in [0.717, 1.165) is 19.6 Å². The van der Waals surface area contributed by atoms with Gasteiger partial charge in [0.15, 0.2) is 5.78 Å². The summed E-state index contributed by atoms with van der Waals surface area (Å²) < 4.78 is 4.83. The summed E-state index contributed by atoms with van der Waals surface area (Å²) in [7, 11) is 1.61. The van der Waals surface area contributed by atoms with Crippen LogP contribution in [0.2, 0.25) is 0 Å². The SMILES string of the molecule is COCCC(=O)C1CNCCN1. The van der Waals surface area contributed by atoms with Crippen LogP contribution < -0.4 is 10.6 Å². The van der Waals surface area contributed by atoms with Crippen LogP contribution in [-0.4, -0.2) is 45.2 Å². The van der Waals surface area contributed by atoms with Gasteiger partial charge in [0.05, 0.1) is 12.6 Å². The van der Waals surface area contributed by atoms with E-state index in [9.17, 15) is 4.79 Å². The second-order valence-electron chi connectivity index (χ2n) is 2.92. The van der Waals surface area contributed by atoms with Crippen LogP contribution in [-0.2, 0) is 9.53 Å². The zero-order valence-electron chi connectivity index (χ0n) is 7.43. The molecule has 1 rings (SSSR count). The van der Waals surface area contributed by atoms with Gasteiger partial charge in [-0.05, 0) is 0 Å². The summed E-state index contributed by atoms with van der Waals surface area (Å²) in [6, 6.07) is -0.00565. The van der Waals surface area contributed by atoms with E-state index in [2.05, 4.69) is 10.6 Å². The van der Waals surface area contributed by atoms with E-state index in [4.69, 9.17) is 4.74 Å². The Kier molecular flexibility index (Phi) is 4.21. The van der Waals surface area contributed by atoms with Gasteiger partial charge in [-0.25, -0.2) is 0 Å². The number of hydrogen-bond acceptors (Lipinski definition) is 4. The smallest absolute Gasteiger partial charge is 0.153 e. The van der Waals surface area contributed by atoms with Gasteiger partial charge in [-0.3, -0.25) is 4.79 Å². The van der Waals surface area contributed by atoms with Crippen molar-refractivity contribution < 1.29 is 9.53 Å². The maximum Gasteiger partial charge on any atom is 0.153 e. The first kappa shape index (κ1) is 9.64. The van der Waals surface area contributed by atoms with Crippen LogP contribution in [0.1, 0.15) is 6.42 Å². The Hall–Kier alpha value is -0.450. The first-order valence-corrected chi connectivity index (χ1v) is 4.30. The van der Waals surface area contributed by atoms with Crippen molar-refractivity contribution in [2.24, 2.45) is 0 Å². The summed E-state index contributed by atoms with van der Waals surface area (Å²) in [5.41, 5.74) is 0. The molecule has 0 spiro atoms. The monoisotopic (exact) mass is 172 g/mol. The van der Waals surface area contributed by atoms with E-state index in [1.807, 2.05) is 0 Å². The van der Waals surface area contributed by atoms with Gasteiger partial charge >= 0.3 is 0 Å². The quantitative estimate of drug-likeness (QED) is 0.580. The summed E-state index contributed by atoms with van der Waals surface area (Å²) >= 11 is 0. The number of piperazine rings is 1. The van der Waals surface area contributed by atoms with Crippen molar-refractivity contribution in [3.63, 3.8) is 0 Å². The maximum atomic E-state index is 11.4. The van der Waals surface area contributed by atoms with Gasteiger partial charge in [-0.15, -0.1) is 0 Å². The van der Waals surface area contributed by atoms with Crippen molar-refractivity contribution in [1.82, 2.24) is 10.6 Å². The van der Waals surface area contributed by atoms with Crippen LogP contribution in [0.15, 0.2) is 0 Å². The van der Waals surface area contributed by atoms with Gasteiger partial charge in [-0.2, -0.15) is 0 Å². The van der Waals surface area contributed by atoms with Gasteiger partial charge < -0.3 is 15.4 Å². The van der Waals surface area contributed by atoms with E-state index in [1.54, 1.807) is 7.11 Å². The molecule has 4 nitrogen and oxygen atoms in total. The van der Waals surface area contributed by atoms with E-state index >= 15 is 0 Å². The molecule has 0 aromatic heterocycles. The van der Waals surface area contributed by atoms with E-state index in [-0.39, 0.29) is 11.8 Å². The predicted molar refractivity (Wildman–Crippen MR) is 46.2 cm³/mol. The Morgan fingerprint density at radius 1 is 1.58 bits per heavy atom. The van der Waals surface area contributed by atoms with Crippen LogP contribution in [0.4, 0.5) is 0 Å². The molecule has 2 N–H and O–H groups in total. The zero-order valence-corrected chi connectivity index (χ0v) is 7.43. The second-order valence-corrected chi connectivity index (χ2v) is 2.92. The molecule has 0 aliphatic carbocycles. The summed E-state index contributed by atoms with van der Waals surface area (Å²) in [5, 5.41) is 6.33. The lowest BCUT2D eigenvalue weighted by molar-refractivity contribution is -0.122. The van der Waals surface area contributed by atoms with Gasteiger partial charge in [0.25, 0.3) is 0 Å². The molecule has 1 saturated heterocycles. The maximum absolute atomic E-state index is 11.4. The molecule has 0 radical (unpaired) electrons. The van der Waals surface area contributed by atoms with Gasteiger partial charge in [0, 0.05) is 33.2 Å². The Morgan fingerprint density at radius 3 is 3.00 bits per heavy atom. The number of nitrogens with one attached hydrogen (secondary N) is 2. The van der Waals surface area contributed by atoms with Crippen molar-refractivity contribution >= 4 is 5.78 Å². The topological polar surface area (TPSA) is 50.4 Å². The standard InChI is InChI=1S/C8H16N2O2/c1-12-5-2-8(11)7-6-9-3-4-10-7/h7,9-10H,2-6H2,1H3. The third-order valence-electron chi connectivity index (χ3n) is 1.98. The van der Waals surface area contributed by atoms with E-state index in [1.165, 1.54) is 0 Å². The number of carbonyl (C=O) groups excluding carboxylic acids is 1. The van der Waals surface area contributed by atoms with Crippen LogP contribution >= 0.6 is 0 Å². The molecular weight excluding hydrogens is 156 g/mol. The molecule has 1 atom stereocenters. The first-order valence-electron chi connectivity index (χ1n) is 4.30. The largest absolute Gasteiger partial charge is 0.384 e. The normalized spacial score (nSPS) is 23.9. The molecule has 0 aromatic rings.